The van der Waals surface area contributed by atoms with Gasteiger partial charge in [0.25, 0.3) is 0 Å². The van der Waals surface area contributed by atoms with Crippen LogP contribution in [-0.2, 0) is 13.1 Å². The topological polar surface area (TPSA) is 50.7 Å². The highest BCUT2D eigenvalue weighted by Gasteiger charge is 2.31. The maximum Gasteiger partial charge on any atom is 0.179 e. The second kappa shape index (κ2) is 4.35. The molecule has 5 heteroatoms. The molecule has 2 aromatic heterocycles. The van der Waals surface area contributed by atoms with Crippen LogP contribution in [0.2, 0.25) is 0 Å². The Morgan fingerprint density at radius 2 is 2.11 bits per heavy atom. The van der Waals surface area contributed by atoms with Gasteiger partial charge in [-0.3, -0.25) is 4.98 Å². The smallest absolute Gasteiger partial charge is 0.179 e. The number of nitrogens with one attached hydrogen (secondary N) is 1. The fourth-order valence-electron chi connectivity index (χ4n) is 2.55. The van der Waals surface area contributed by atoms with Gasteiger partial charge in [0.15, 0.2) is 5.82 Å². The number of aromatic nitrogens is 3. The molecule has 1 fully saturated rings. The first-order chi connectivity index (χ1) is 9.33. The predicted molar refractivity (Wildman–Crippen MR) is 75.5 cm³/mol. The Kier molecular flexibility index (Phi) is 2.63. The molecular weight excluding hydrogens is 304 g/mol. The Labute approximate surface area is 119 Å². The number of fused-ring (bicyclic) bond motifs is 1. The first-order valence-corrected chi connectivity index (χ1v) is 7.33. The van der Waals surface area contributed by atoms with E-state index in [0.29, 0.717) is 5.92 Å². The maximum absolute atomic E-state index is 4.79. The molecule has 0 atom stereocenters. The summed E-state index contributed by atoms with van der Waals surface area (Å²) in [5.41, 5.74) is 4.53. The summed E-state index contributed by atoms with van der Waals surface area (Å²) in [7, 11) is 0. The van der Waals surface area contributed by atoms with Crippen molar-refractivity contribution >= 4 is 15.9 Å². The fourth-order valence-corrected chi connectivity index (χ4v) is 2.98. The summed E-state index contributed by atoms with van der Waals surface area (Å²) in [6.45, 7) is 1.75. The molecule has 4 nitrogen and oxygen atoms in total. The summed E-state index contributed by atoms with van der Waals surface area (Å²) in [6, 6.07) is 3.89. The third-order valence-electron chi connectivity index (χ3n) is 3.65. The van der Waals surface area contributed by atoms with Crippen LogP contribution in [0.4, 0.5) is 0 Å². The molecule has 0 aromatic carbocycles. The Morgan fingerprint density at radius 1 is 1.21 bits per heavy atom. The first-order valence-electron chi connectivity index (χ1n) is 6.54. The van der Waals surface area contributed by atoms with Gasteiger partial charge in [0.1, 0.15) is 5.69 Å². The zero-order valence-corrected chi connectivity index (χ0v) is 11.9. The number of rotatable bonds is 2. The molecule has 2 aliphatic rings. The van der Waals surface area contributed by atoms with Crippen molar-refractivity contribution in [3.8, 4) is 11.5 Å². The van der Waals surface area contributed by atoms with Crippen molar-refractivity contribution in [2.24, 2.45) is 0 Å². The average Bonchev–Trinajstić information content (AvgIpc) is 3.16. The van der Waals surface area contributed by atoms with Crippen molar-refractivity contribution in [1.82, 2.24) is 20.3 Å². The van der Waals surface area contributed by atoms with E-state index in [0.717, 1.165) is 34.8 Å². The van der Waals surface area contributed by atoms with E-state index in [2.05, 4.69) is 31.2 Å². The first kappa shape index (κ1) is 11.5. The van der Waals surface area contributed by atoms with Crippen molar-refractivity contribution in [3.05, 3.63) is 39.8 Å². The molecule has 0 unspecified atom stereocenters. The summed E-state index contributed by atoms with van der Waals surface area (Å²) in [5.74, 6) is 1.38. The zero-order valence-electron chi connectivity index (χ0n) is 10.4. The van der Waals surface area contributed by atoms with Gasteiger partial charge < -0.3 is 5.32 Å². The molecule has 0 spiro atoms. The van der Waals surface area contributed by atoms with Crippen LogP contribution in [0.1, 0.15) is 35.7 Å². The number of pyridine rings is 1. The third kappa shape index (κ3) is 1.97. The lowest BCUT2D eigenvalue weighted by Crippen LogP contribution is -2.03. The minimum absolute atomic E-state index is 0.637. The zero-order chi connectivity index (χ0) is 12.8. The van der Waals surface area contributed by atoms with Crippen LogP contribution in [0.5, 0.6) is 0 Å². The Bertz CT molecular complexity index is 652. The quantitative estimate of drug-likeness (QED) is 0.925. The monoisotopic (exact) mass is 316 g/mol. The normalized spacial score (nSPS) is 17.5. The lowest BCUT2D eigenvalue weighted by atomic mass is 10.1. The van der Waals surface area contributed by atoms with Crippen LogP contribution in [0.3, 0.4) is 0 Å². The summed E-state index contributed by atoms with van der Waals surface area (Å²) in [4.78, 5) is 13.9. The Morgan fingerprint density at radius 3 is 2.89 bits per heavy atom. The standard InChI is InChI=1S/C14H13BrN4/c15-10-2-1-5-17-13(10)14-18-11-7-16-6-9(11)12(19-14)8-3-4-8/h1-2,5,8,16H,3-4,6-7H2. The SMILES string of the molecule is Brc1cccnc1-c1nc2c(c(C3CC3)n1)CNC2. The van der Waals surface area contributed by atoms with Gasteiger partial charge in [-0.1, -0.05) is 0 Å². The Hall–Kier alpha value is -1.33. The van der Waals surface area contributed by atoms with Crippen LogP contribution < -0.4 is 5.32 Å². The molecule has 0 saturated heterocycles. The number of hydrogen-bond acceptors (Lipinski definition) is 4. The minimum Gasteiger partial charge on any atom is -0.307 e. The summed E-state index contributed by atoms with van der Waals surface area (Å²) < 4.78 is 0.947. The molecule has 3 heterocycles. The van der Waals surface area contributed by atoms with Gasteiger partial charge in [0.05, 0.1) is 11.4 Å². The fraction of sp³-hybridized carbons (Fsp3) is 0.357. The summed E-state index contributed by atoms with van der Waals surface area (Å²) >= 11 is 3.53. The molecule has 1 N–H and O–H groups in total. The second-order valence-corrected chi connectivity index (χ2v) is 5.92. The van der Waals surface area contributed by atoms with Crippen molar-refractivity contribution < 1.29 is 0 Å². The molecule has 1 aliphatic heterocycles. The predicted octanol–water partition coefficient (Wildman–Crippen LogP) is 2.78. The molecule has 19 heavy (non-hydrogen) atoms. The largest absolute Gasteiger partial charge is 0.307 e. The molecule has 96 valence electrons. The van der Waals surface area contributed by atoms with Crippen molar-refractivity contribution in [2.75, 3.05) is 0 Å². The van der Waals surface area contributed by atoms with E-state index < -0.39 is 0 Å². The molecule has 0 amide bonds. The Balaban J connectivity index is 1.90. The van der Waals surface area contributed by atoms with Crippen LogP contribution in [0.25, 0.3) is 11.5 Å². The van der Waals surface area contributed by atoms with Gasteiger partial charge in [-0.25, -0.2) is 9.97 Å². The van der Waals surface area contributed by atoms with Gasteiger partial charge in [-0.05, 0) is 40.9 Å². The molecule has 0 radical (unpaired) electrons. The van der Waals surface area contributed by atoms with E-state index in [1.165, 1.54) is 24.1 Å². The number of hydrogen-bond donors (Lipinski definition) is 1. The lowest BCUT2D eigenvalue weighted by Gasteiger charge is -2.09. The highest BCUT2D eigenvalue weighted by Crippen LogP contribution is 2.42. The molecule has 0 bridgehead atoms. The molecule has 4 rings (SSSR count). The van der Waals surface area contributed by atoms with Gasteiger partial charge in [-0.2, -0.15) is 0 Å². The molecule has 2 aromatic rings. The number of halogens is 1. The van der Waals surface area contributed by atoms with Crippen LogP contribution in [-0.4, -0.2) is 15.0 Å². The van der Waals surface area contributed by atoms with E-state index in [4.69, 9.17) is 4.98 Å². The second-order valence-electron chi connectivity index (χ2n) is 5.07. The van der Waals surface area contributed by atoms with Gasteiger partial charge in [0, 0.05) is 35.2 Å². The van der Waals surface area contributed by atoms with Crippen LogP contribution >= 0.6 is 15.9 Å². The van der Waals surface area contributed by atoms with Crippen molar-refractivity contribution in [1.29, 1.82) is 0 Å². The van der Waals surface area contributed by atoms with E-state index in [-0.39, 0.29) is 0 Å². The highest BCUT2D eigenvalue weighted by atomic mass is 79.9. The van der Waals surface area contributed by atoms with Gasteiger partial charge >= 0.3 is 0 Å². The van der Waals surface area contributed by atoms with Crippen molar-refractivity contribution in [3.63, 3.8) is 0 Å². The summed E-state index contributed by atoms with van der Waals surface area (Å²) in [6.07, 6.45) is 4.30. The van der Waals surface area contributed by atoms with Crippen molar-refractivity contribution in [2.45, 2.75) is 31.8 Å². The van der Waals surface area contributed by atoms with Gasteiger partial charge in [0.2, 0.25) is 0 Å². The lowest BCUT2D eigenvalue weighted by molar-refractivity contribution is 0.755. The van der Waals surface area contributed by atoms with Crippen LogP contribution in [0, 0.1) is 0 Å². The average molecular weight is 317 g/mol. The molecule has 1 aliphatic carbocycles. The summed E-state index contributed by atoms with van der Waals surface area (Å²) in [5, 5.41) is 3.37. The van der Waals surface area contributed by atoms with Crippen LogP contribution in [0.15, 0.2) is 22.8 Å². The van der Waals surface area contributed by atoms with E-state index >= 15 is 0 Å². The van der Waals surface area contributed by atoms with Gasteiger partial charge in [-0.15, -0.1) is 0 Å². The number of nitrogens with zero attached hydrogens (tertiary/aromatic N) is 3. The van der Waals surface area contributed by atoms with E-state index in [9.17, 15) is 0 Å². The van der Waals surface area contributed by atoms with E-state index in [1.807, 2.05) is 12.1 Å². The minimum atomic E-state index is 0.637. The molecule has 1 saturated carbocycles. The molecular formula is C14H13BrN4. The van der Waals surface area contributed by atoms with E-state index in [1.54, 1.807) is 6.20 Å². The maximum atomic E-state index is 4.79. The third-order valence-corrected chi connectivity index (χ3v) is 4.29. The highest BCUT2D eigenvalue weighted by molar-refractivity contribution is 9.10.